The van der Waals surface area contributed by atoms with E-state index in [1.165, 1.54) is 24.3 Å². The van der Waals surface area contributed by atoms with Crippen molar-refractivity contribution in [1.29, 1.82) is 0 Å². The van der Waals surface area contributed by atoms with Gasteiger partial charge in [-0.25, -0.2) is 9.18 Å². The van der Waals surface area contributed by atoms with Crippen molar-refractivity contribution >= 4 is 29.2 Å². The minimum Gasteiger partial charge on any atom is -0.492 e. The Hall–Kier alpha value is -3.86. The largest absolute Gasteiger partial charge is 0.492 e. The van der Waals surface area contributed by atoms with Crippen LogP contribution in [0.4, 0.5) is 20.6 Å². The lowest BCUT2D eigenvalue weighted by Gasteiger charge is -2.31. The molecule has 0 aromatic heterocycles. The summed E-state index contributed by atoms with van der Waals surface area (Å²) in [7, 11) is 0. The molecule has 0 spiro atoms. The van der Waals surface area contributed by atoms with E-state index in [0.29, 0.717) is 62.3 Å². The average Bonchev–Trinajstić information content (AvgIpc) is 3.16. The number of anilines is 2. The lowest BCUT2D eigenvalue weighted by molar-refractivity contribution is -0.134. The first-order valence-corrected chi connectivity index (χ1v) is 12.8. The highest BCUT2D eigenvalue weighted by atomic mass is 19.1. The predicted molar refractivity (Wildman–Crippen MR) is 139 cm³/mol. The van der Waals surface area contributed by atoms with E-state index in [2.05, 4.69) is 15.5 Å². The van der Waals surface area contributed by atoms with Gasteiger partial charge in [0, 0.05) is 25.2 Å². The second kappa shape index (κ2) is 11.7. The van der Waals surface area contributed by atoms with Gasteiger partial charge in [-0.05, 0) is 38.0 Å². The van der Waals surface area contributed by atoms with Gasteiger partial charge < -0.3 is 29.7 Å². The second-order valence-corrected chi connectivity index (χ2v) is 8.92. The molecule has 2 saturated heterocycles. The fourth-order valence-corrected chi connectivity index (χ4v) is 4.72. The Bertz CT molecular complexity index is 1180. The van der Waals surface area contributed by atoms with Crippen molar-refractivity contribution in [3.63, 3.8) is 0 Å². The molecule has 38 heavy (non-hydrogen) atoms. The molecule has 4 amide bonds. The molecule has 4 rings (SSSR count). The number of hydrogen-bond acceptors (Lipinski definition) is 7. The van der Waals surface area contributed by atoms with Crippen LogP contribution in [0.3, 0.4) is 0 Å². The molecule has 2 fully saturated rings. The number of halogens is 1. The van der Waals surface area contributed by atoms with Gasteiger partial charge in [0.2, 0.25) is 5.91 Å². The van der Waals surface area contributed by atoms with E-state index in [1.807, 2.05) is 19.9 Å². The lowest BCUT2D eigenvalue weighted by Crippen LogP contribution is -2.44. The van der Waals surface area contributed by atoms with Crippen molar-refractivity contribution in [3.05, 3.63) is 47.8 Å². The fraction of sp³-hybridized carbons (Fsp3) is 0.444. The van der Waals surface area contributed by atoms with Gasteiger partial charge in [0.05, 0.1) is 37.8 Å². The van der Waals surface area contributed by atoms with Crippen molar-refractivity contribution in [2.24, 2.45) is 0 Å². The van der Waals surface area contributed by atoms with E-state index in [4.69, 9.17) is 14.2 Å². The van der Waals surface area contributed by atoms with Gasteiger partial charge in [0.1, 0.15) is 29.4 Å². The first-order valence-electron chi connectivity index (χ1n) is 12.8. The first kappa shape index (κ1) is 27.2. The summed E-state index contributed by atoms with van der Waals surface area (Å²) in [5.41, 5.74) is 0.271. The van der Waals surface area contributed by atoms with E-state index in [1.54, 1.807) is 13.0 Å². The van der Waals surface area contributed by atoms with Gasteiger partial charge in [-0.2, -0.15) is 0 Å². The second-order valence-electron chi connectivity index (χ2n) is 8.92. The molecular weight excluding hydrogens is 495 g/mol. The maximum atomic E-state index is 13.5. The number of ether oxygens (including phenoxy) is 3. The Morgan fingerprint density at radius 3 is 2.34 bits per heavy atom. The van der Waals surface area contributed by atoms with Gasteiger partial charge in [0.25, 0.3) is 5.91 Å². The lowest BCUT2D eigenvalue weighted by atomic mass is 9.87. The van der Waals surface area contributed by atoms with Crippen LogP contribution in [-0.2, 0) is 19.9 Å². The summed E-state index contributed by atoms with van der Waals surface area (Å²) in [6.45, 7) is 8.30. The molecule has 11 heteroatoms. The fourth-order valence-electron chi connectivity index (χ4n) is 4.72. The van der Waals surface area contributed by atoms with Crippen LogP contribution < -0.4 is 25.0 Å². The van der Waals surface area contributed by atoms with E-state index < -0.39 is 35.7 Å². The van der Waals surface area contributed by atoms with Crippen molar-refractivity contribution in [2.45, 2.75) is 32.7 Å². The number of benzene rings is 2. The Labute approximate surface area is 221 Å². The smallest absolute Gasteiger partial charge is 0.325 e. The standard InChI is InChI=1S/C27H33FN4O6/c1-4-27(18-7-9-19(28)10-8-18)25(34)32(26(35)30-27)17-24(33)29-20-15-23(38-6-3)21(16-22(20)37-5-2)31-11-13-36-14-12-31/h7-10,15-16H,4-6,11-14,17H2,1-3H3,(H,29,33)(H,30,35)/t27-/m0/s1. The molecule has 2 aliphatic rings. The van der Waals surface area contributed by atoms with E-state index in [9.17, 15) is 18.8 Å². The number of urea groups is 1. The number of hydrogen-bond donors (Lipinski definition) is 2. The Morgan fingerprint density at radius 1 is 1.05 bits per heavy atom. The van der Waals surface area contributed by atoms with E-state index in [-0.39, 0.29) is 6.42 Å². The number of morpholine rings is 1. The predicted octanol–water partition coefficient (Wildman–Crippen LogP) is 3.26. The van der Waals surface area contributed by atoms with Crippen molar-refractivity contribution in [1.82, 2.24) is 10.2 Å². The van der Waals surface area contributed by atoms with Gasteiger partial charge in [-0.3, -0.25) is 14.5 Å². The highest BCUT2D eigenvalue weighted by Gasteiger charge is 2.51. The van der Waals surface area contributed by atoms with Gasteiger partial charge in [-0.1, -0.05) is 19.1 Å². The average molecular weight is 529 g/mol. The van der Waals surface area contributed by atoms with Crippen LogP contribution in [-0.4, -0.2) is 68.8 Å². The Morgan fingerprint density at radius 2 is 1.71 bits per heavy atom. The minimum atomic E-state index is -1.37. The molecule has 1 atom stereocenters. The molecule has 0 radical (unpaired) electrons. The molecule has 2 heterocycles. The summed E-state index contributed by atoms with van der Waals surface area (Å²) in [5.74, 6) is -0.595. The van der Waals surface area contributed by atoms with E-state index in [0.717, 1.165) is 10.6 Å². The number of amides is 4. The van der Waals surface area contributed by atoms with Crippen molar-refractivity contribution in [2.75, 3.05) is 56.3 Å². The molecule has 2 N–H and O–H groups in total. The quantitative estimate of drug-likeness (QED) is 0.456. The number of imide groups is 1. The number of carbonyl (C=O) groups is 3. The summed E-state index contributed by atoms with van der Waals surface area (Å²) >= 11 is 0. The van der Waals surface area contributed by atoms with Crippen LogP contribution in [0.1, 0.15) is 32.8 Å². The Balaban J connectivity index is 1.56. The normalized spacial score (nSPS) is 19.4. The third-order valence-electron chi connectivity index (χ3n) is 6.63. The first-order chi connectivity index (χ1) is 18.3. The molecule has 204 valence electrons. The van der Waals surface area contributed by atoms with Crippen molar-refractivity contribution < 1.29 is 33.0 Å². The number of nitrogens with zero attached hydrogens (tertiary/aromatic N) is 2. The molecule has 2 aliphatic heterocycles. The third kappa shape index (κ3) is 5.38. The van der Waals surface area contributed by atoms with Gasteiger partial charge in [0.15, 0.2) is 0 Å². The highest BCUT2D eigenvalue weighted by molar-refractivity contribution is 6.10. The topological polar surface area (TPSA) is 109 Å². The molecule has 0 aliphatic carbocycles. The minimum absolute atomic E-state index is 0.233. The van der Waals surface area contributed by atoms with Crippen LogP contribution in [0, 0.1) is 5.82 Å². The number of nitrogens with one attached hydrogen (secondary N) is 2. The zero-order chi connectivity index (χ0) is 27.3. The van der Waals surface area contributed by atoms with Gasteiger partial charge in [-0.15, -0.1) is 0 Å². The molecule has 2 aromatic carbocycles. The molecule has 2 aromatic rings. The zero-order valence-corrected chi connectivity index (χ0v) is 21.8. The molecule has 0 saturated carbocycles. The number of carbonyl (C=O) groups excluding carboxylic acids is 3. The van der Waals surface area contributed by atoms with Crippen LogP contribution in [0.15, 0.2) is 36.4 Å². The van der Waals surface area contributed by atoms with Crippen LogP contribution in [0.25, 0.3) is 0 Å². The molecule has 0 unspecified atom stereocenters. The number of rotatable bonds is 10. The molecule has 0 bridgehead atoms. The third-order valence-corrected chi connectivity index (χ3v) is 6.63. The van der Waals surface area contributed by atoms with Crippen molar-refractivity contribution in [3.8, 4) is 11.5 Å². The zero-order valence-electron chi connectivity index (χ0n) is 21.8. The maximum Gasteiger partial charge on any atom is 0.325 e. The monoisotopic (exact) mass is 528 g/mol. The van der Waals surface area contributed by atoms with Crippen LogP contribution in [0.2, 0.25) is 0 Å². The maximum absolute atomic E-state index is 13.5. The summed E-state index contributed by atoms with van der Waals surface area (Å²) in [4.78, 5) is 42.3. The SMILES string of the molecule is CCOc1cc(N2CCOCC2)c(OCC)cc1NC(=O)CN1C(=O)N[C@@](CC)(c2ccc(F)cc2)C1=O. The molecular formula is C27H33FN4O6. The Kier molecular flexibility index (Phi) is 8.35. The highest BCUT2D eigenvalue weighted by Crippen LogP contribution is 2.39. The van der Waals surface area contributed by atoms with Crippen LogP contribution >= 0.6 is 0 Å². The molecule has 10 nitrogen and oxygen atoms in total. The summed E-state index contributed by atoms with van der Waals surface area (Å²) in [5, 5.41) is 5.47. The van der Waals surface area contributed by atoms with Gasteiger partial charge >= 0.3 is 6.03 Å². The van der Waals surface area contributed by atoms with Crippen LogP contribution in [0.5, 0.6) is 11.5 Å². The summed E-state index contributed by atoms with van der Waals surface area (Å²) in [6.07, 6.45) is 0.233. The summed E-state index contributed by atoms with van der Waals surface area (Å²) in [6, 6.07) is 8.19. The summed E-state index contributed by atoms with van der Waals surface area (Å²) < 4.78 is 30.6. The van der Waals surface area contributed by atoms with E-state index >= 15 is 0 Å².